The molecule has 0 fully saturated rings. The molecule has 0 radical (unpaired) electrons. The van der Waals surface area contributed by atoms with E-state index in [2.05, 4.69) is 0 Å². The van der Waals surface area contributed by atoms with Crippen molar-refractivity contribution >= 4 is 11.1 Å². The Bertz CT molecular complexity index is 1540. The van der Waals surface area contributed by atoms with Crippen LogP contribution in [0.5, 0.6) is 5.75 Å². The van der Waals surface area contributed by atoms with Crippen LogP contribution in [0.4, 0.5) is 26.3 Å². The zero-order chi connectivity index (χ0) is 30.0. The molecule has 0 spiro atoms. The molecule has 2 aliphatic carbocycles. The third kappa shape index (κ3) is 5.88. The van der Waals surface area contributed by atoms with Crippen LogP contribution in [0.3, 0.4) is 0 Å². The topological polar surface area (TPSA) is 9.23 Å². The predicted molar refractivity (Wildman–Crippen MR) is 153 cm³/mol. The van der Waals surface area contributed by atoms with Gasteiger partial charge in [-0.25, -0.2) is 22.0 Å². The normalized spacial score (nSPS) is 19.0. The summed E-state index contributed by atoms with van der Waals surface area (Å²) in [6.07, 6.45) is 7.69. The average Bonchev–Trinajstić information content (AvgIpc) is 3.00. The van der Waals surface area contributed by atoms with Gasteiger partial charge in [0.15, 0.2) is 34.8 Å². The van der Waals surface area contributed by atoms with Crippen LogP contribution in [-0.2, 0) is 0 Å². The Morgan fingerprint density at radius 3 is 1.71 bits per heavy atom. The summed E-state index contributed by atoms with van der Waals surface area (Å²) in [5, 5.41) is 0. The van der Waals surface area contributed by atoms with Gasteiger partial charge in [-0.3, -0.25) is 0 Å². The first-order chi connectivity index (χ1) is 20.2. The summed E-state index contributed by atoms with van der Waals surface area (Å²) < 4.78 is 94.0. The Kier molecular flexibility index (Phi) is 9.14. The molecule has 42 heavy (non-hydrogen) atoms. The third-order valence-electron chi connectivity index (χ3n) is 8.61. The lowest BCUT2D eigenvalue weighted by atomic mass is 9.80. The van der Waals surface area contributed by atoms with Crippen molar-refractivity contribution in [3.8, 4) is 5.75 Å². The van der Waals surface area contributed by atoms with E-state index in [0.29, 0.717) is 61.8 Å². The second-order valence-electron chi connectivity index (χ2n) is 11.3. The van der Waals surface area contributed by atoms with Gasteiger partial charge in [-0.15, -0.1) is 0 Å². The fourth-order valence-corrected chi connectivity index (χ4v) is 6.04. The van der Waals surface area contributed by atoms with Crippen molar-refractivity contribution in [3.05, 3.63) is 111 Å². The standard InChI is InChI=1S/C35H34F6O/c1-3-4-19-42-29-18-17-28(34(40)35(29)41)24-12-10-23(11-13-24)27-16-15-26(32(38)33(27)39)22-8-6-21(7-9-22)25-14-5-20(2)30(36)31(25)37/h5,8,12,14-18,21,23H,3-4,6-7,9-11,13,19H2,1-2H3. The SMILES string of the molecule is CCCCOc1ccc(C2=CCC(c3ccc(C4=CCC(c5ccc(C)c(F)c5F)CC4)c(F)c3F)CC2)c(F)c1F. The van der Waals surface area contributed by atoms with Crippen LogP contribution < -0.4 is 4.74 Å². The fraction of sp³-hybridized carbons (Fsp3) is 0.371. The minimum Gasteiger partial charge on any atom is -0.490 e. The van der Waals surface area contributed by atoms with Gasteiger partial charge in [-0.05, 0) is 104 Å². The molecule has 222 valence electrons. The molecule has 0 amide bonds. The summed E-state index contributed by atoms with van der Waals surface area (Å²) in [5.41, 5.74) is 2.42. The van der Waals surface area contributed by atoms with Gasteiger partial charge in [-0.1, -0.05) is 49.8 Å². The highest BCUT2D eigenvalue weighted by Crippen LogP contribution is 2.42. The van der Waals surface area contributed by atoms with Crippen molar-refractivity contribution in [2.45, 2.75) is 77.0 Å². The minimum atomic E-state index is -1.02. The lowest BCUT2D eigenvalue weighted by Gasteiger charge is -2.25. The van der Waals surface area contributed by atoms with E-state index in [1.165, 1.54) is 19.1 Å². The highest BCUT2D eigenvalue weighted by atomic mass is 19.2. The molecular weight excluding hydrogens is 550 g/mol. The summed E-state index contributed by atoms with van der Waals surface area (Å²) in [7, 11) is 0. The van der Waals surface area contributed by atoms with Gasteiger partial charge in [0.05, 0.1) is 6.61 Å². The molecule has 2 atom stereocenters. The molecule has 0 aliphatic heterocycles. The molecule has 0 heterocycles. The van der Waals surface area contributed by atoms with Crippen molar-refractivity contribution in [2.24, 2.45) is 0 Å². The Morgan fingerprint density at radius 1 is 0.643 bits per heavy atom. The van der Waals surface area contributed by atoms with Crippen LogP contribution in [0.1, 0.15) is 97.9 Å². The molecule has 5 rings (SSSR count). The van der Waals surface area contributed by atoms with Gasteiger partial charge < -0.3 is 4.74 Å². The van der Waals surface area contributed by atoms with Gasteiger partial charge in [0.2, 0.25) is 5.82 Å². The minimum absolute atomic E-state index is 0.114. The zero-order valence-electron chi connectivity index (χ0n) is 23.8. The number of ether oxygens (including phenoxy) is 1. The number of allylic oxidation sites excluding steroid dienone is 4. The van der Waals surface area contributed by atoms with Crippen molar-refractivity contribution in [2.75, 3.05) is 6.61 Å². The van der Waals surface area contributed by atoms with E-state index in [0.717, 1.165) is 12.8 Å². The maximum atomic E-state index is 15.3. The summed E-state index contributed by atoms with van der Waals surface area (Å²) >= 11 is 0. The molecule has 0 N–H and O–H groups in total. The van der Waals surface area contributed by atoms with E-state index >= 15 is 8.78 Å². The third-order valence-corrected chi connectivity index (χ3v) is 8.61. The van der Waals surface area contributed by atoms with E-state index in [9.17, 15) is 17.6 Å². The smallest absolute Gasteiger partial charge is 0.201 e. The lowest BCUT2D eigenvalue weighted by molar-refractivity contribution is 0.288. The zero-order valence-corrected chi connectivity index (χ0v) is 23.8. The first-order valence-electron chi connectivity index (χ1n) is 14.6. The first kappa shape index (κ1) is 30.0. The Morgan fingerprint density at radius 2 is 1.17 bits per heavy atom. The van der Waals surface area contributed by atoms with Crippen molar-refractivity contribution in [1.29, 1.82) is 0 Å². The van der Waals surface area contributed by atoms with E-state index in [-0.39, 0.29) is 39.8 Å². The number of aryl methyl sites for hydroxylation is 1. The molecule has 7 heteroatoms. The van der Waals surface area contributed by atoms with Crippen LogP contribution >= 0.6 is 0 Å². The monoisotopic (exact) mass is 584 g/mol. The Labute approximate surface area is 242 Å². The Hall–Kier alpha value is -3.48. The van der Waals surface area contributed by atoms with Gasteiger partial charge in [0.25, 0.3) is 0 Å². The molecule has 0 bridgehead atoms. The van der Waals surface area contributed by atoms with Crippen molar-refractivity contribution in [1.82, 2.24) is 0 Å². The van der Waals surface area contributed by atoms with E-state index in [4.69, 9.17) is 4.74 Å². The largest absolute Gasteiger partial charge is 0.490 e. The predicted octanol–water partition coefficient (Wildman–Crippen LogP) is 10.7. The van der Waals surface area contributed by atoms with Gasteiger partial charge >= 0.3 is 0 Å². The van der Waals surface area contributed by atoms with Crippen LogP contribution in [0.2, 0.25) is 0 Å². The molecule has 0 aromatic heterocycles. The second kappa shape index (κ2) is 12.8. The maximum absolute atomic E-state index is 15.3. The summed E-state index contributed by atoms with van der Waals surface area (Å²) in [4.78, 5) is 0. The molecule has 3 aromatic carbocycles. The lowest BCUT2D eigenvalue weighted by Crippen LogP contribution is -2.11. The number of rotatable bonds is 8. The van der Waals surface area contributed by atoms with Crippen LogP contribution in [0.15, 0.2) is 48.6 Å². The average molecular weight is 585 g/mol. The summed E-state index contributed by atoms with van der Waals surface area (Å²) in [6, 6.07) is 9.27. The molecule has 2 unspecified atom stereocenters. The van der Waals surface area contributed by atoms with Crippen LogP contribution in [0.25, 0.3) is 11.1 Å². The highest BCUT2D eigenvalue weighted by molar-refractivity contribution is 5.69. The maximum Gasteiger partial charge on any atom is 0.201 e. The van der Waals surface area contributed by atoms with Crippen molar-refractivity contribution in [3.63, 3.8) is 0 Å². The van der Waals surface area contributed by atoms with Crippen LogP contribution in [0, 0.1) is 41.8 Å². The molecule has 2 aliphatic rings. The van der Waals surface area contributed by atoms with E-state index in [1.807, 2.05) is 6.92 Å². The number of halogens is 6. The van der Waals surface area contributed by atoms with E-state index in [1.54, 1.807) is 36.4 Å². The number of hydrogen-bond acceptors (Lipinski definition) is 1. The second-order valence-corrected chi connectivity index (χ2v) is 11.3. The Balaban J connectivity index is 1.29. The molecule has 0 saturated carbocycles. The van der Waals surface area contributed by atoms with E-state index < -0.39 is 34.9 Å². The van der Waals surface area contributed by atoms with Crippen LogP contribution in [-0.4, -0.2) is 6.61 Å². The van der Waals surface area contributed by atoms with Gasteiger partial charge in [0, 0.05) is 11.1 Å². The fourth-order valence-electron chi connectivity index (χ4n) is 6.04. The van der Waals surface area contributed by atoms with Gasteiger partial charge in [-0.2, -0.15) is 4.39 Å². The number of unbranched alkanes of at least 4 members (excludes halogenated alkanes) is 1. The quantitative estimate of drug-likeness (QED) is 0.189. The van der Waals surface area contributed by atoms with Crippen molar-refractivity contribution < 1.29 is 31.1 Å². The first-order valence-corrected chi connectivity index (χ1v) is 14.6. The molecule has 0 saturated heterocycles. The summed E-state index contributed by atoms with van der Waals surface area (Å²) in [5.74, 6) is -6.16. The van der Waals surface area contributed by atoms with Gasteiger partial charge in [0.1, 0.15) is 0 Å². The molecule has 1 nitrogen and oxygen atoms in total. The molecular formula is C35H34F6O. The number of benzene rings is 3. The highest BCUT2D eigenvalue weighted by Gasteiger charge is 2.28. The number of hydrogen-bond donors (Lipinski definition) is 0. The summed E-state index contributed by atoms with van der Waals surface area (Å²) in [6.45, 7) is 3.80. The molecule has 3 aromatic rings.